The van der Waals surface area contributed by atoms with Crippen LogP contribution in [0.1, 0.15) is 46.5 Å². The molecule has 0 unspecified atom stereocenters. The Balaban J connectivity index is 1.52. The molecule has 0 radical (unpaired) electrons. The third kappa shape index (κ3) is 4.23. The highest BCUT2D eigenvalue weighted by atomic mass is 32.1. The summed E-state index contributed by atoms with van der Waals surface area (Å²) in [6, 6.07) is 16.2. The molecule has 30 heavy (non-hydrogen) atoms. The normalized spacial score (nSPS) is 15.6. The molecule has 1 amide bonds. The van der Waals surface area contributed by atoms with E-state index in [4.69, 9.17) is 4.74 Å². The Morgan fingerprint density at radius 3 is 2.57 bits per heavy atom. The van der Waals surface area contributed by atoms with Crippen LogP contribution in [0.5, 0.6) is 5.75 Å². The van der Waals surface area contributed by atoms with Crippen molar-refractivity contribution in [3.05, 3.63) is 64.5 Å². The van der Waals surface area contributed by atoms with E-state index >= 15 is 0 Å². The largest absolute Gasteiger partial charge is 0.489 e. The van der Waals surface area contributed by atoms with E-state index in [2.05, 4.69) is 42.5 Å². The second-order valence-electron chi connectivity index (χ2n) is 8.47. The number of benzene rings is 2. The lowest BCUT2D eigenvalue weighted by atomic mass is 9.95. The summed E-state index contributed by atoms with van der Waals surface area (Å²) in [6.07, 6.45) is 4.75. The van der Waals surface area contributed by atoms with Gasteiger partial charge in [0.1, 0.15) is 12.4 Å². The van der Waals surface area contributed by atoms with Crippen molar-refractivity contribution >= 4 is 27.3 Å². The Bertz CT molecular complexity index is 1020. The molecule has 0 atom stereocenters. The van der Waals surface area contributed by atoms with E-state index in [1.165, 1.54) is 12.8 Å². The summed E-state index contributed by atoms with van der Waals surface area (Å²) in [7, 11) is 4.25. The van der Waals surface area contributed by atoms with Crippen molar-refractivity contribution < 1.29 is 9.53 Å². The highest BCUT2D eigenvalue weighted by molar-refractivity contribution is 7.19. The molecule has 0 spiro atoms. The number of aryl methyl sites for hydroxylation is 1. The molecule has 1 N–H and O–H groups in total. The Morgan fingerprint density at radius 2 is 1.87 bits per heavy atom. The third-order valence-corrected chi connectivity index (χ3v) is 7.46. The zero-order chi connectivity index (χ0) is 21.1. The average Bonchev–Trinajstić information content (AvgIpc) is 3.35. The summed E-state index contributed by atoms with van der Waals surface area (Å²) in [5, 5.41) is 4.22. The summed E-state index contributed by atoms with van der Waals surface area (Å²) in [4.78, 5) is 16.5. The van der Waals surface area contributed by atoms with Gasteiger partial charge in [-0.25, -0.2) is 0 Å². The number of nitrogens with one attached hydrogen (secondary N) is 1. The van der Waals surface area contributed by atoms with Crippen LogP contribution in [0.25, 0.3) is 10.1 Å². The number of nitrogens with zero attached hydrogens (tertiary/aromatic N) is 1. The zero-order valence-electron chi connectivity index (χ0n) is 18.0. The summed E-state index contributed by atoms with van der Waals surface area (Å²) in [5.74, 6) is 0.811. The first-order chi connectivity index (χ1) is 14.5. The van der Waals surface area contributed by atoms with Crippen molar-refractivity contribution in [2.45, 2.75) is 44.8 Å². The van der Waals surface area contributed by atoms with E-state index < -0.39 is 0 Å². The highest BCUT2D eigenvalue weighted by Gasteiger charge is 2.36. The minimum absolute atomic E-state index is 0.0204. The van der Waals surface area contributed by atoms with E-state index in [-0.39, 0.29) is 11.4 Å². The van der Waals surface area contributed by atoms with Gasteiger partial charge in [-0.1, -0.05) is 43.2 Å². The molecule has 2 aromatic carbocycles. The SMILES string of the molecule is Cc1sc2ccc(OCc3ccccc3)cc2c1C(=O)NCC1(N(C)C)CCCC1. The quantitative estimate of drug-likeness (QED) is 0.555. The van der Waals surface area contributed by atoms with Gasteiger partial charge in [-0.2, -0.15) is 0 Å². The van der Waals surface area contributed by atoms with Gasteiger partial charge < -0.3 is 15.0 Å². The maximum Gasteiger partial charge on any atom is 0.253 e. The van der Waals surface area contributed by atoms with Gasteiger partial charge in [0.05, 0.1) is 5.56 Å². The fourth-order valence-corrected chi connectivity index (χ4v) is 5.50. The first-order valence-corrected chi connectivity index (χ1v) is 11.5. The molecule has 3 aromatic rings. The van der Waals surface area contributed by atoms with Crippen LogP contribution in [0, 0.1) is 6.92 Å². The Morgan fingerprint density at radius 1 is 1.13 bits per heavy atom. The molecule has 1 aliphatic carbocycles. The molecule has 0 saturated heterocycles. The minimum Gasteiger partial charge on any atom is -0.489 e. The number of amides is 1. The zero-order valence-corrected chi connectivity index (χ0v) is 18.8. The van der Waals surface area contributed by atoms with Crippen molar-refractivity contribution in [1.82, 2.24) is 10.2 Å². The number of hydrogen-bond donors (Lipinski definition) is 1. The topological polar surface area (TPSA) is 41.6 Å². The van der Waals surface area contributed by atoms with E-state index in [9.17, 15) is 4.79 Å². The monoisotopic (exact) mass is 422 g/mol. The predicted octanol–water partition coefficient (Wildman–Crippen LogP) is 5.39. The lowest BCUT2D eigenvalue weighted by Crippen LogP contribution is -2.50. The number of thiophene rings is 1. The van der Waals surface area contributed by atoms with Gasteiger partial charge in [0, 0.05) is 27.0 Å². The second-order valence-corrected chi connectivity index (χ2v) is 9.73. The number of rotatable bonds is 7. The average molecular weight is 423 g/mol. The minimum atomic E-state index is 0.0204. The number of hydrogen-bond acceptors (Lipinski definition) is 4. The maximum absolute atomic E-state index is 13.2. The third-order valence-electron chi connectivity index (χ3n) is 6.37. The summed E-state index contributed by atoms with van der Waals surface area (Å²) >= 11 is 1.67. The molecule has 4 nitrogen and oxygen atoms in total. The fourth-order valence-electron chi connectivity index (χ4n) is 4.46. The predicted molar refractivity (Wildman–Crippen MR) is 125 cm³/mol. The number of carbonyl (C=O) groups is 1. The summed E-state index contributed by atoms with van der Waals surface area (Å²) < 4.78 is 7.12. The molecule has 4 rings (SSSR count). The molecule has 1 fully saturated rings. The smallest absolute Gasteiger partial charge is 0.253 e. The number of likely N-dealkylation sites (N-methyl/N-ethyl adjacent to an activating group) is 1. The first kappa shape index (κ1) is 20.9. The van der Waals surface area contributed by atoms with Crippen LogP contribution in [0.3, 0.4) is 0 Å². The number of carbonyl (C=O) groups excluding carboxylic acids is 1. The Hall–Kier alpha value is -2.37. The molecule has 158 valence electrons. The van der Waals surface area contributed by atoms with E-state index in [1.54, 1.807) is 11.3 Å². The molecular formula is C25H30N2O2S. The molecule has 0 bridgehead atoms. The van der Waals surface area contributed by atoms with Gasteiger partial charge in [-0.05, 0) is 57.6 Å². The standard InChI is InChI=1S/C25H30N2O2S/c1-18-23(24(28)26-17-25(27(2)3)13-7-8-14-25)21-15-20(11-12-22(21)30-18)29-16-19-9-5-4-6-10-19/h4-6,9-12,15H,7-8,13-14,16-17H2,1-3H3,(H,26,28). The second kappa shape index (κ2) is 8.78. The fraction of sp³-hybridized carbons (Fsp3) is 0.400. The highest BCUT2D eigenvalue weighted by Crippen LogP contribution is 2.35. The van der Waals surface area contributed by atoms with Crippen molar-refractivity contribution in [2.24, 2.45) is 0 Å². The van der Waals surface area contributed by atoms with Gasteiger partial charge in [-0.3, -0.25) is 4.79 Å². The molecule has 0 aliphatic heterocycles. The Kier molecular flexibility index (Phi) is 6.11. The maximum atomic E-state index is 13.2. The molecular weight excluding hydrogens is 392 g/mol. The van der Waals surface area contributed by atoms with Crippen LogP contribution in [-0.2, 0) is 6.61 Å². The van der Waals surface area contributed by atoms with Crippen LogP contribution in [-0.4, -0.2) is 37.0 Å². The summed E-state index contributed by atoms with van der Waals surface area (Å²) in [5.41, 5.74) is 1.99. The van der Waals surface area contributed by atoms with Crippen molar-refractivity contribution in [1.29, 1.82) is 0 Å². The summed E-state index contributed by atoms with van der Waals surface area (Å²) in [6.45, 7) is 3.24. The van der Waals surface area contributed by atoms with Crippen molar-refractivity contribution in [2.75, 3.05) is 20.6 Å². The number of fused-ring (bicyclic) bond motifs is 1. The molecule has 1 aromatic heterocycles. The van der Waals surface area contributed by atoms with Gasteiger partial charge in [0.15, 0.2) is 0 Å². The van der Waals surface area contributed by atoms with E-state index in [0.29, 0.717) is 13.2 Å². The Labute approximate surface area is 182 Å². The van der Waals surface area contributed by atoms with Crippen molar-refractivity contribution in [3.63, 3.8) is 0 Å². The van der Waals surface area contributed by atoms with Crippen LogP contribution in [0.15, 0.2) is 48.5 Å². The molecule has 1 heterocycles. The van der Waals surface area contributed by atoms with Crippen molar-refractivity contribution in [3.8, 4) is 5.75 Å². The molecule has 1 saturated carbocycles. The molecule has 5 heteroatoms. The van der Waals surface area contributed by atoms with E-state index in [1.807, 2.05) is 37.3 Å². The van der Waals surface area contributed by atoms with E-state index in [0.717, 1.165) is 44.7 Å². The first-order valence-electron chi connectivity index (χ1n) is 10.6. The van der Waals surface area contributed by atoms with Crippen LogP contribution in [0.4, 0.5) is 0 Å². The van der Waals surface area contributed by atoms with Crippen LogP contribution >= 0.6 is 11.3 Å². The van der Waals surface area contributed by atoms with Gasteiger partial charge >= 0.3 is 0 Å². The van der Waals surface area contributed by atoms with Gasteiger partial charge in [0.2, 0.25) is 0 Å². The van der Waals surface area contributed by atoms with Crippen LogP contribution in [0.2, 0.25) is 0 Å². The van der Waals surface area contributed by atoms with Gasteiger partial charge in [0.25, 0.3) is 5.91 Å². The lowest BCUT2D eigenvalue weighted by Gasteiger charge is -2.36. The number of ether oxygens (including phenoxy) is 1. The molecule has 1 aliphatic rings. The lowest BCUT2D eigenvalue weighted by molar-refractivity contribution is 0.0901. The van der Waals surface area contributed by atoms with Crippen LogP contribution < -0.4 is 10.1 Å². The van der Waals surface area contributed by atoms with Gasteiger partial charge in [-0.15, -0.1) is 11.3 Å².